The van der Waals surface area contributed by atoms with Crippen LogP contribution in [0.15, 0.2) is 69.6 Å². The Labute approximate surface area is 180 Å². The molecule has 0 unspecified atom stereocenters. The number of halogens is 2. The average molecular weight is 443 g/mol. The topological polar surface area (TPSA) is 60.7 Å². The van der Waals surface area contributed by atoms with E-state index in [9.17, 15) is 14.0 Å². The third-order valence-electron chi connectivity index (χ3n) is 4.80. The van der Waals surface area contributed by atoms with Crippen molar-refractivity contribution in [2.75, 3.05) is 7.11 Å². The number of thiazole rings is 1. The molecule has 0 saturated carbocycles. The first-order chi connectivity index (χ1) is 14.4. The Morgan fingerprint density at radius 1 is 1.23 bits per heavy atom. The number of ether oxygens (including phenoxy) is 1. The maximum Gasteiger partial charge on any atom is 0.338 e. The van der Waals surface area contributed by atoms with Crippen LogP contribution in [0.5, 0.6) is 0 Å². The minimum absolute atomic E-state index is 0.237. The molecule has 30 heavy (non-hydrogen) atoms. The summed E-state index contributed by atoms with van der Waals surface area (Å²) in [7, 11) is 1.27. The van der Waals surface area contributed by atoms with E-state index in [2.05, 4.69) is 4.99 Å². The molecule has 1 aliphatic rings. The highest BCUT2D eigenvalue weighted by Gasteiger charge is 2.33. The molecule has 4 rings (SSSR count). The third kappa shape index (κ3) is 3.51. The molecular formula is C22H16ClFN2O3S. The van der Waals surface area contributed by atoms with Crippen LogP contribution in [0, 0.1) is 5.82 Å². The Morgan fingerprint density at radius 2 is 1.93 bits per heavy atom. The van der Waals surface area contributed by atoms with Gasteiger partial charge in [0.1, 0.15) is 5.82 Å². The van der Waals surface area contributed by atoms with Crippen LogP contribution in [-0.2, 0) is 9.53 Å². The molecule has 0 radical (unpaired) electrons. The van der Waals surface area contributed by atoms with E-state index in [0.29, 0.717) is 31.2 Å². The molecule has 3 aromatic rings. The van der Waals surface area contributed by atoms with Crippen molar-refractivity contribution in [2.24, 2.45) is 4.99 Å². The smallest absolute Gasteiger partial charge is 0.338 e. The molecular weight excluding hydrogens is 427 g/mol. The molecule has 2 heterocycles. The monoisotopic (exact) mass is 442 g/mol. The van der Waals surface area contributed by atoms with Crippen molar-refractivity contribution in [1.82, 2.24) is 4.57 Å². The number of nitrogens with zero attached hydrogens (tertiary/aromatic N) is 2. The van der Waals surface area contributed by atoms with Gasteiger partial charge in [-0.05, 0) is 42.3 Å². The number of esters is 1. The summed E-state index contributed by atoms with van der Waals surface area (Å²) in [5.74, 6) is -1.00. The van der Waals surface area contributed by atoms with E-state index in [1.807, 2.05) is 18.2 Å². The molecule has 0 bridgehead atoms. The lowest BCUT2D eigenvalue weighted by molar-refractivity contribution is -0.136. The van der Waals surface area contributed by atoms with Crippen molar-refractivity contribution in [3.05, 3.63) is 101 Å². The van der Waals surface area contributed by atoms with Gasteiger partial charge in [0.15, 0.2) is 4.80 Å². The lowest BCUT2D eigenvalue weighted by atomic mass is 9.96. The molecule has 5 nitrogen and oxygen atoms in total. The first-order valence-electron chi connectivity index (χ1n) is 9.01. The van der Waals surface area contributed by atoms with Gasteiger partial charge in [0.2, 0.25) is 0 Å². The molecule has 0 spiro atoms. The molecule has 0 N–H and O–H groups in total. The van der Waals surface area contributed by atoms with Gasteiger partial charge in [0.05, 0.1) is 29.0 Å². The second kappa shape index (κ2) is 8.01. The van der Waals surface area contributed by atoms with Gasteiger partial charge in [0, 0.05) is 5.02 Å². The number of hydrogen-bond acceptors (Lipinski definition) is 5. The van der Waals surface area contributed by atoms with Crippen molar-refractivity contribution >= 4 is 35.0 Å². The van der Waals surface area contributed by atoms with Gasteiger partial charge in [-0.15, -0.1) is 0 Å². The Morgan fingerprint density at radius 3 is 2.60 bits per heavy atom. The molecule has 8 heteroatoms. The van der Waals surface area contributed by atoms with Crippen molar-refractivity contribution in [2.45, 2.75) is 13.0 Å². The zero-order chi connectivity index (χ0) is 21.4. The number of aromatic nitrogens is 1. The van der Waals surface area contributed by atoms with E-state index < -0.39 is 17.8 Å². The van der Waals surface area contributed by atoms with Crippen LogP contribution in [-0.4, -0.2) is 17.6 Å². The number of benzene rings is 2. The highest BCUT2D eigenvalue weighted by atomic mass is 35.5. The van der Waals surface area contributed by atoms with Crippen molar-refractivity contribution < 1.29 is 13.9 Å². The highest BCUT2D eigenvalue weighted by Crippen LogP contribution is 2.30. The Balaban J connectivity index is 1.99. The summed E-state index contributed by atoms with van der Waals surface area (Å²) in [6, 6.07) is 12.1. The lowest BCUT2D eigenvalue weighted by Gasteiger charge is -2.24. The van der Waals surface area contributed by atoms with Crippen LogP contribution in [0.3, 0.4) is 0 Å². The number of carbonyl (C=O) groups excluding carboxylic acids is 1. The molecule has 152 valence electrons. The van der Waals surface area contributed by atoms with Crippen molar-refractivity contribution in [3.8, 4) is 0 Å². The third-order valence-corrected chi connectivity index (χ3v) is 6.13. The van der Waals surface area contributed by atoms with Gasteiger partial charge in [-0.2, -0.15) is 0 Å². The molecule has 2 aromatic carbocycles. The number of methoxy groups -OCH3 is 1. The summed E-state index contributed by atoms with van der Waals surface area (Å²) in [6.45, 7) is 1.69. The van der Waals surface area contributed by atoms with Crippen LogP contribution < -0.4 is 14.9 Å². The maximum absolute atomic E-state index is 13.5. The summed E-state index contributed by atoms with van der Waals surface area (Å²) < 4.78 is 20.3. The molecule has 1 aromatic heterocycles. The molecule has 1 atom stereocenters. The van der Waals surface area contributed by atoms with E-state index in [1.54, 1.807) is 31.2 Å². The summed E-state index contributed by atoms with van der Waals surface area (Å²) in [5, 5.41) is 0.518. The van der Waals surface area contributed by atoms with Crippen LogP contribution in [0.4, 0.5) is 4.39 Å². The van der Waals surface area contributed by atoms with Gasteiger partial charge in [-0.25, -0.2) is 14.2 Å². The number of carbonyl (C=O) groups is 1. The quantitative estimate of drug-likeness (QED) is 0.585. The summed E-state index contributed by atoms with van der Waals surface area (Å²) in [4.78, 5) is 30.8. The first-order valence-corrected chi connectivity index (χ1v) is 10.2. The van der Waals surface area contributed by atoms with E-state index in [0.717, 1.165) is 0 Å². The van der Waals surface area contributed by atoms with Crippen LogP contribution in [0.25, 0.3) is 6.08 Å². The fraction of sp³-hybridized carbons (Fsp3) is 0.136. The first kappa shape index (κ1) is 20.3. The molecule has 1 aliphatic heterocycles. The summed E-state index contributed by atoms with van der Waals surface area (Å²) >= 11 is 7.44. The Kier molecular flexibility index (Phi) is 5.40. The minimum atomic E-state index is -0.775. The number of hydrogen-bond donors (Lipinski definition) is 0. The Hall–Kier alpha value is -3.03. The second-order valence-corrected chi connectivity index (χ2v) is 8.06. The van der Waals surface area contributed by atoms with Gasteiger partial charge in [-0.3, -0.25) is 9.36 Å². The van der Waals surface area contributed by atoms with Crippen LogP contribution in [0.2, 0.25) is 5.02 Å². The molecule has 0 aliphatic carbocycles. The number of allylic oxidation sites excluding steroid dienone is 1. The SMILES string of the molecule is COC(=O)C1=C(C)N=c2s/c(=C/c3ccccc3Cl)c(=O)n2[C@H]1c1ccc(F)cc1. The van der Waals surface area contributed by atoms with Crippen molar-refractivity contribution in [1.29, 1.82) is 0 Å². The van der Waals surface area contributed by atoms with E-state index >= 15 is 0 Å². The molecule has 0 saturated heterocycles. The van der Waals surface area contributed by atoms with E-state index in [1.165, 1.54) is 35.1 Å². The maximum atomic E-state index is 13.5. The second-order valence-electron chi connectivity index (χ2n) is 6.65. The largest absolute Gasteiger partial charge is 0.466 e. The lowest BCUT2D eigenvalue weighted by Crippen LogP contribution is -2.39. The van der Waals surface area contributed by atoms with E-state index in [-0.39, 0.29) is 11.1 Å². The molecule has 0 fully saturated rings. The van der Waals surface area contributed by atoms with E-state index in [4.69, 9.17) is 16.3 Å². The zero-order valence-electron chi connectivity index (χ0n) is 16.1. The predicted octanol–water partition coefficient (Wildman–Crippen LogP) is 3.20. The van der Waals surface area contributed by atoms with Crippen molar-refractivity contribution in [3.63, 3.8) is 0 Å². The number of rotatable bonds is 3. The summed E-state index contributed by atoms with van der Waals surface area (Å²) in [5.41, 5.74) is 1.65. The van der Waals surface area contributed by atoms with Gasteiger partial charge >= 0.3 is 5.97 Å². The minimum Gasteiger partial charge on any atom is -0.466 e. The molecule has 0 amide bonds. The Bertz CT molecular complexity index is 1360. The van der Waals surface area contributed by atoms with Gasteiger partial charge in [-0.1, -0.05) is 53.3 Å². The van der Waals surface area contributed by atoms with Crippen LogP contribution in [0.1, 0.15) is 24.1 Å². The predicted molar refractivity (Wildman–Crippen MR) is 114 cm³/mol. The standard InChI is InChI=1S/C22H16ClFN2O3S/c1-12-18(21(28)29-2)19(13-7-9-15(24)10-8-13)26-20(27)17(30-22(26)25-12)11-14-5-3-4-6-16(14)23/h3-11,19H,1-2H3/b17-11+/t19-/m0/s1. The fourth-order valence-electron chi connectivity index (χ4n) is 3.39. The zero-order valence-corrected chi connectivity index (χ0v) is 17.6. The highest BCUT2D eigenvalue weighted by molar-refractivity contribution is 7.07. The normalized spacial score (nSPS) is 16.3. The fourth-order valence-corrected chi connectivity index (χ4v) is 4.61. The summed E-state index contributed by atoms with van der Waals surface area (Å²) in [6.07, 6.45) is 1.70. The van der Waals surface area contributed by atoms with Gasteiger partial charge in [0.25, 0.3) is 5.56 Å². The van der Waals surface area contributed by atoms with Gasteiger partial charge < -0.3 is 4.74 Å². The number of fused-ring (bicyclic) bond motifs is 1. The van der Waals surface area contributed by atoms with Crippen LogP contribution >= 0.6 is 22.9 Å². The average Bonchev–Trinajstić information content (AvgIpc) is 3.03.